The Morgan fingerprint density at radius 1 is 0.885 bits per heavy atom. The number of ether oxygens (including phenoxy) is 2. The zero-order valence-corrected chi connectivity index (χ0v) is 14.0. The minimum absolute atomic E-state index is 0.0885. The highest BCUT2D eigenvalue weighted by Crippen LogP contribution is 2.26. The van der Waals surface area contributed by atoms with Crippen LogP contribution in [-0.2, 0) is 9.53 Å². The Hall–Kier alpha value is -2.83. The van der Waals surface area contributed by atoms with Crippen LogP contribution in [0.2, 0.25) is 0 Å². The lowest BCUT2D eigenvalue weighted by atomic mass is 10.0. The molecule has 0 atom stereocenters. The van der Waals surface area contributed by atoms with E-state index in [0.717, 1.165) is 5.56 Å². The highest BCUT2D eigenvalue weighted by Gasteiger charge is 2.30. The lowest BCUT2D eigenvalue weighted by Crippen LogP contribution is -2.16. The van der Waals surface area contributed by atoms with Gasteiger partial charge in [-0.05, 0) is 29.7 Å². The van der Waals surface area contributed by atoms with E-state index in [9.17, 15) is 22.8 Å². The van der Waals surface area contributed by atoms with Crippen LogP contribution < -0.4 is 4.74 Å². The zero-order chi connectivity index (χ0) is 19.2. The molecule has 7 heteroatoms. The molecule has 0 aliphatic heterocycles. The summed E-state index contributed by atoms with van der Waals surface area (Å²) in [4.78, 5) is 23.1. The van der Waals surface area contributed by atoms with Crippen molar-refractivity contribution in [1.82, 2.24) is 0 Å². The van der Waals surface area contributed by atoms with Crippen molar-refractivity contribution in [1.29, 1.82) is 0 Å². The third-order valence-electron chi connectivity index (χ3n) is 3.64. The molecule has 0 saturated heterocycles. The van der Waals surface area contributed by atoms with Crippen molar-refractivity contribution in [2.45, 2.75) is 25.6 Å². The molecule has 0 spiro atoms. The van der Waals surface area contributed by atoms with Crippen molar-refractivity contribution in [3.8, 4) is 16.9 Å². The van der Waals surface area contributed by atoms with E-state index in [2.05, 4.69) is 9.47 Å². The number of hydrogen-bond donors (Lipinski definition) is 0. The summed E-state index contributed by atoms with van der Waals surface area (Å²) in [5, 5.41) is 0. The molecule has 0 amide bonds. The lowest BCUT2D eigenvalue weighted by Gasteiger charge is -2.09. The SMILES string of the molecule is COC(=O)CCCC(=O)c1ccc(-c2ccc(OC(F)(F)F)cc2)cc1. The lowest BCUT2D eigenvalue weighted by molar-refractivity contribution is -0.274. The highest BCUT2D eigenvalue weighted by molar-refractivity contribution is 5.96. The molecule has 26 heavy (non-hydrogen) atoms. The molecule has 0 aliphatic carbocycles. The van der Waals surface area contributed by atoms with E-state index in [-0.39, 0.29) is 30.3 Å². The molecule has 0 unspecified atom stereocenters. The Labute approximate surface area is 148 Å². The van der Waals surface area contributed by atoms with E-state index in [1.165, 1.54) is 31.4 Å². The van der Waals surface area contributed by atoms with Gasteiger partial charge in [0.1, 0.15) is 5.75 Å². The largest absolute Gasteiger partial charge is 0.573 e. The van der Waals surface area contributed by atoms with Crippen LogP contribution in [0.25, 0.3) is 11.1 Å². The molecule has 0 heterocycles. The van der Waals surface area contributed by atoms with Gasteiger partial charge in [0.25, 0.3) is 0 Å². The monoisotopic (exact) mass is 366 g/mol. The molecule has 0 fully saturated rings. The summed E-state index contributed by atoms with van der Waals surface area (Å²) in [5.74, 6) is -0.737. The van der Waals surface area contributed by atoms with Crippen LogP contribution in [0.4, 0.5) is 13.2 Å². The maximum atomic E-state index is 12.2. The van der Waals surface area contributed by atoms with Crippen LogP contribution in [0.3, 0.4) is 0 Å². The molecule has 0 radical (unpaired) electrons. The molecule has 0 N–H and O–H groups in total. The number of rotatable bonds is 7. The number of hydrogen-bond acceptors (Lipinski definition) is 4. The van der Waals surface area contributed by atoms with Gasteiger partial charge in [0.2, 0.25) is 0 Å². The summed E-state index contributed by atoms with van der Waals surface area (Å²) in [6, 6.07) is 12.2. The standard InChI is InChI=1S/C19H17F3O4/c1-25-18(24)4-2-3-17(23)15-7-5-13(6-8-15)14-9-11-16(12-10-14)26-19(20,21)22/h5-12H,2-4H2,1H3. The van der Waals surface area contributed by atoms with Crippen molar-refractivity contribution >= 4 is 11.8 Å². The van der Waals surface area contributed by atoms with Crippen molar-refractivity contribution in [3.63, 3.8) is 0 Å². The first kappa shape index (κ1) is 19.5. The average Bonchev–Trinajstić information content (AvgIpc) is 2.61. The third-order valence-corrected chi connectivity index (χ3v) is 3.64. The van der Waals surface area contributed by atoms with E-state index >= 15 is 0 Å². The Morgan fingerprint density at radius 3 is 1.92 bits per heavy atom. The molecule has 0 aromatic heterocycles. The molecule has 4 nitrogen and oxygen atoms in total. The van der Waals surface area contributed by atoms with Crippen LogP contribution >= 0.6 is 0 Å². The van der Waals surface area contributed by atoms with Gasteiger partial charge in [-0.1, -0.05) is 36.4 Å². The number of esters is 1. The van der Waals surface area contributed by atoms with E-state index in [1.54, 1.807) is 24.3 Å². The summed E-state index contributed by atoms with van der Waals surface area (Å²) in [7, 11) is 1.30. The Bertz CT molecular complexity index is 750. The molecule has 0 saturated carbocycles. The molecule has 0 bridgehead atoms. The predicted octanol–water partition coefficient (Wildman–Crippen LogP) is 4.78. The Kier molecular flexibility index (Phi) is 6.38. The number of carbonyl (C=O) groups excluding carboxylic acids is 2. The topological polar surface area (TPSA) is 52.6 Å². The number of carbonyl (C=O) groups is 2. The molecular formula is C19H17F3O4. The van der Waals surface area contributed by atoms with Gasteiger partial charge in [0, 0.05) is 18.4 Å². The number of ketones is 1. The van der Waals surface area contributed by atoms with E-state index in [4.69, 9.17) is 0 Å². The van der Waals surface area contributed by atoms with Crippen LogP contribution in [0.1, 0.15) is 29.6 Å². The third kappa shape index (κ3) is 5.91. The van der Waals surface area contributed by atoms with Crippen LogP contribution in [0, 0.1) is 0 Å². The van der Waals surface area contributed by atoms with Gasteiger partial charge in [0.05, 0.1) is 7.11 Å². The predicted molar refractivity (Wildman–Crippen MR) is 88.8 cm³/mol. The molecule has 2 aromatic carbocycles. The minimum atomic E-state index is -4.72. The zero-order valence-electron chi connectivity index (χ0n) is 14.0. The molecule has 0 aliphatic rings. The van der Waals surface area contributed by atoms with E-state index in [1.807, 2.05) is 0 Å². The van der Waals surface area contributed by atoms with Crippen molar-refractivity contribution in [3.05, 3.63) is 54.1 Å². The number of benzene rings is 2. The molecule has 2 aromatic rings. The van der Waals surface area contributed by atoms with Crippen molar-refractivity contribution in [2.24, 2.45) is 0 Å². The number of Topliss-reactive ketones (excluding diaryl/α,β-unsaturated/α-hetero) is 1. The minimum Gasteiger partial charge on any atom is -0.469 e. The summed E-state index contributed by atoms with van der Waals surface area (Å²) < 4.78 is 44.8. The first-order chi connectivity index (χ1) is 12.3. The average molecular weight is 366 g/mol. The van der Waals surface area contributed by atoms with Gasteiger partial charge < -0.3 is 9.47 Å². The molecular weight excluding hydrogens is 349 g/mol. The van der Waals surface area contributed by atoms with Gasteiger partial charge >= 0.3 is 12.3 Å². The fourth-order valence-electron chi connectivity index (χ4n) is 2.34. The first-order valence-corrected chi connectivity index (χ1v) is 7.85. The molecule has 2 rings (SSSR count). The van der Waals surface area contributed by atoms with E-state index < -0.39 is 6.36 Å². The summed E-state index contributed by atoms with van der Waals surface area (Å²) in [6.45, 7) is 0. The second kappa shape index (κ2) is 8.51. The first-order valence-electron chi connectivity index (χ1n) is 7.85. The maximum Gasteiger partial charge on any atom is 0.573 e. The quantitative estimate of drug-likeness (QED) is 0.523. The smallest absolute Gasteiger partial charge is 0.469 e. The summed E-state index contributed by atoms with van der Waals surface area (Å²) >= 11 is 0. The summed E-state index contributed by atoms with van der Waals surface area (Å²) in [6.07, 6.45) is -3.89. The van der Waals surface area contributed by atoms with E-state index in [0.29, 0.717) is 17.5 Å². The van der Waals surface area contributed by atoms with Gasteiger partial charge in [0.15, 0.2) is 5.78 Å². The molecule has 138 valence electrons. The van der Waals surface area contributed by atoms with Gasteiger partial charge in [-0.3, -0.25) is 9.59 Å². The van der Waals surface area contributed by atoms with Gasteiger partial charge in [-0.2, -0.15) is 0 Å². The summed E-state index contributed by atoms with van der Waals surface area (Å²) in [5.41, 5.74) is 1.97. The van der Waals surface area contributed by atoms with Gasteiger partial charge in [-0.25, -0.2) is 0 Å². The Balaban J connectivity index is 1.98. The number of alkyl halides is 3. The van der Waals surface area contributed by atoms with Crippen molar-refractivity contribution < 1.29 is 32.2 Å². The fourth-order valence-corrected chi connectivity index (χ4v) is 2.34. The number of halogens is 3. The van der Waals surface area contributed by atoms with Gasteiger partial charge in [-0.15, -0.1) is 13.2 Å². The van der Waals surface area contributed by atoms with Crippen molar-refractivity contribution in [2.75, 3.05) is 7.11 Å². The van der Waals surface area contributed by atoms with Crippen LogP contribution in [0.5, 0.6) is 5.75 Å². The maximum absolute atomic E-state index is 12.2. The normalized spacial score (nSPS) is 11.1. The second-order valence-corrected chi connectivity index (χ2v) is 5.50. The van der Waals surface area contributed by atoms with Crippen LogP contribution in [0.15, 0.2) is 48.5 Å². The Morgan fingerprint density at radius 2 is 1.42 bits per heavy atom. The highest BCUT2D eigenvalue weighted by atomic mass is 19.4. The van der Waals surface area contributed by atoms with Crippen LogP contribution in [-0.4, -0.2) is 25.2 Å². The fraction of sp³-hybridized carbons (Fsp3) is 0.263. The second-order valence-electron chi connectivity index (χ2n) is 5.50. The number of methoxy groups -OCH3 is 1.